The first kappa shape index (κ1) is 22.6. The van der Waals surface area contributed by atoms with Gasteiger partial charge in [0.2, 0.25) is 0 Å². The number of aromatic nitrogens is 2. The number of sulfonamides is 1. The number of rotatable bonds is 6. The second-order valence-corrected chi connectivity index (χ2v) is 9.35. The van der Waals surface area contributed by atoms with E-state index in [1.54, 1.807) is 31.3 Å². The zero-order valence-electron chi connectivity index (χ0n) is 17.4. The lowest BCUT2D eigenvalue weighted by Gasteiger charge is -2.20. The van der Waals surface area contributed by atoms with Crippen molar-refractivity contribution in [2.24, 2.45) is 0 Å². The molecular formula is C23H18ClFN4O3S. The summed E-state index contributed by atoms with van der Waals surface area (Å²) in [6, 6.07) is 14.7. The Kier molecular flexibility index (Phi) is 6.26. The fraction of sp³-hybridized carbons (Fsp3) is 0.0870. The number of carbonyl (C=O) groups is 1. The van der Waals surface area contributed by atoms with Crippen molar-refractivity contribution in [1.82, 2.24) is 14.9 Å². The molecule has 1 heterocycles. The summed E-state index contributed by atoms with van der Waals surface area (Å²) in [4.78, 5) is 22.7. The van der Waals surface area contributed by atoms with E-state index >= 15 is 0 Å². The maximum absolute atomic E-state index is 13.2. The van der Waals surface area contributed by atoms with E-state index in [1.807, 2.05) is 0 Å². The van der Waals surface area contributed by atoms with Crippen molar-refractivity contribution in [3.05, 3.63) is 95.0 Å². The van der Waals surface area contributed by atoms with E-state index in [4.69, 9.17) is 11.6 Å². The summed E-state index contributed by atoms with van der Waals surface area (Å²) in [5.74, 6) is -0.813. The van der Waals surface area contributed by atoms with Crippen molar-refractivity contribution in [3.63, 3.8) is 0 Å². The van der Waals surface area contributed by atoms with Crippen LogP contribution in [0.1, 0.15) is 15.9 Å². The molecule has 10 heteroatoms. The Bertz CT molecular complexity index is 1440. The molecule has 33 heavy (non-hydrogen) atoms. The molecule has 4 rings (SSSR count). The molecule has 7 nitrogen and oxygen atoms in total. The van der Waals surface area contributed by atoms with E-state index in [-0.39, 0.29) is 39.0 Å². The van der Waals surface area contributed by atoms with Gasteiger partial charge in [-0.15, -0.1) is 0 Å². The van der Waals surface area contributed by atoms with Crippen LogP contribution in [0.4, 0.5) is 10.1 Å². The topological polar surface area (TPSA) is 92.3 Å². The summed E-state index contributed by atoms with van der Waals surface area (Å²) in [6.07, 6.45) is 2.87. The van der Waals surface area contributed by atoms with Gasteiger partial charge in [-0.25, -0.2) is 12.8 Å². The second-order valence-electron chi connectivity index (χ2n) is 7.26. The molecule has 4 aromatic rings. The third kappa shape index (κ3) is 4.94. The Morgan fingerprint density at radius 2 is 1.79 bits per heavy atom. The molecule has 1 N–H and O–H groups in total. The van der Waals surface area contributed by atoms with Crippen LogP contribution in [0.15, 0.2) is 78.0 Å². The van der Waals surface area contributed by atoms with Gasteiger partial charge in [0.1, 0.15) is 16.2 Å². The molecule has 0 unspecified atom stereocenters. The lowest BCUT2D eigenvalue weighted by molar-refractivity contribution is 0.0786. The molecule has 0 aliphatic heterocycles. The highest BCUT2D eigenvalue weighted by molar-refractivity contribution is 7.93. The molecule has 0 saturated carbocycles. The SMILES string of the molecule is CN(Cc1ccc(F)cc1)C(=O)c1ccc(Cl)cc1NS(=O)(=O)c1cccc2nccnc12. The third-order valence-corrected chi connectivity index (χ3v) is 6.52. The highest BCUT2D eigenvalue weighted by Crippen LogP contribution is 2.27. The number of halogens is 2. The van der Waals surface area contributed by atoms with Crippen molar-refractivity contribution in [2.75, 3.05) is 11.8 Å². The molecule has 0 spiro atoms. The zero-order valence-corrected chi connectivity index (χ0v) is 18.9. The summed E-state index contributed by atoms with van der Waals surface area (Å²) >= 11 is 6.10. The highest BCUT2D eigenvalue weighted by atomic mass is 35.5. The summed E-state index contributed by atoms with van der Waals surface area (Å²) < 4.78 is 42.1. The van der Waals surface area contributed by atoms with Crippen LogP contribution in [0.25, 0.3) is 11.0 Å². The fourth-order valence-corrected chi connectivity index (χ4v) is 4.72. The van der Waals surface area contributed by atoms with Gasteiger partial charge in [0.25, 0.3) is 15.9 Å². The number of para-hydroxylation sites is 1. The van der Waals surface area contributed by atoms with Crippen molar-refractivity contribution < 1.29 is 17.6 Å². The van der Waals surface area contributed by atoms with Gasteiger partial charge in [0.05, 0.1) is 16.8 Å². The van der Waals surface area contributed by atoms with Gasteiger partial charge < -0.3 is 4.90 Å². The number of hydrogen-bond acceptors (Lipinski definition) is 5. The number of hydrogen-bond donors (Lipinski definition) is 1. The van der Waals surface area contributed by atoms with Crippen LogP contribution in [0.5, 0.6) is 0 Å². The van der Waals surface area contributed by atoms with E-state index in [1.165, 1.54) is 53.7 Å². The van der Waals surface area contributed by atoms with Crippen LogP contribution < -0.4 is 4.72 Å². The second kappa shape index (κ2) is 9.13. The maximum atomic E-state index is 13.2. The van der Waals surface area contributed by atoms with Crippen molar-refractivity contribution in [1.29, 1.82) is 0 Å². The molecule has 168 valence electrons. The van der Waals surface area contributed by atoms with Gasteiger partial charge in [-0.1, -0.05) is 29.8 Å². The van der Waals surface area contributed by atoms with Gasteiger partial charge in [0.15, 0.2) is 0 Å². The van der Waals surface area contributed by atoms with E-state index in [0.717, 1.165) is 5.56 Å². The fourth-order valence-electron chi connectivity index (χ4n) is 3.31. The molecule has 0 aliphatic carbocycles. The lowest BCUT2D eigenvalue weighted by Crippen LogP contribution is -2.27. The minimum absolute atomic E-state index is 0.0272. The Labute approximate surface area is 194 Å². The van der Waals surface area contributed by atoms with E-state index in [2.05, 4.69) is 14.7 Å². The average molecular weight is 485 g/mol. The first-order valence-corrected chi connectivity index (χ1v) is 11.6. The first-order valence-electron chi connectivity index (χ1n) is 9.76. The average Bonchev–Trinajstić information content (AvgIpc) is 2.79. The van der Waals surface area contributed by atoms with Crippen LogP contribution in [0.3, 0.4) is 0 Å². The van der Waals surface area contributed by atoms with Gasteiger partial charge in [-0.05, 0) is 48.0 Å². The number of carbonyl (C=O) groups excluding carboxylic acids is 1. The molecule has 0 aliphatic rings. The number of anilines is 1. The minimum Gasteiger partial charge on any atom is -0.337 e. The molecule has 0 atom stereocenters. The Morgan fingerprint density at radius 3 is 2.55 bits per heavy atom. The normalized spacial score (nSPS) is 11.4. The third-order valence-electron chi connectivity index (χ3n) is 4.89. The minimum atomic E-state index is -4.13. The standard InChI is InChI=1S/C23H18ClFN4O3S/c1-29(14-15-5-8-17(25)9-6-15)23(30)18-10-7-16(24)13-20(18)28-33(31,32)21-4-2-3-19-22(21)27-12-11-26-19/h2-13,28H,14H2,1H3. The van der Waals surface area contributed by atoms with Gasteiger partial charge in [-0.3, -0.25) is 19.5 Å². The number of benzene rings is 3. The number of nitrogens with one attached hydrogen (secondary N) is 1. The van der Waals surface area contributed by atoms with Crippen molar-refractivity contribution in [2.45, 2.75) is 11.4 Å². The quantitative estimate of drug-likeness (QED) is 0.435. The molecule has 0 saturated heterocycles. The predicted octanol–water partition coefficient (Wildman–Crippen LogP) is 4.50. The van der Waals surface area contributed by atoms with E-state index in [9.17, 15) is 17.6 Å². The van der Waals surface area contributed by atoms with Crippen LogP contribution in [0.2, 0.25) is 5.02 Å². The van der Waals surface area contributed by atoms with Gasteiger partial charge >= 0.3 is 0 Å². The van der Waals surface area contributed by atoms with Gasteiger partial charge in [0, 0.05) is 31.0 Å². The van der Waals surface area contributed by atoms with E-state index in [0.29, 0.717) is 5.52 Å². The monoisotopic (exact) mass is 484 g/mol. The summed E-state index contributed by atoms with van der Waals surface area (Å²) in [6.45, 7) is 0.201. The van der Waals surface area contributed by atoms with E-state index < -0.39 is 15.9 Å². The number of fused-ring (bicyclic) bond motifs is 1. The molecule has 0 bridgehead atoms. The molecule has 0 fully saturated rings. The number of nitrogens with zero attached hydrogens (tertiary/aromatic N) is 3. The Balaban J connectivity index is 1.66. The summed E-state index contributed by atoms with van der Waals surface area (Å²) in [7, 11) is -2.56. The van der Waals surface area contributed by atoms with Crippen LogP contribution in [-0.2, 0) is 16.6 Å². The zero-order chi connectivity index (χ0) is 23.6. The number of amides is 1. The Morgan fingerprint density at radius 1 is 1.06 bits per heavy atom. The van der Waals surface area contributed by atoms with Crippen molar-refractivity contribution in [3.8, 4) is 0 Å². The smallest absolute Gasteiger partial charge is 0.264 e. The predicted molar refractivity (Wildman–Crippen MR) is 124 cm³/mol. The summed E-state index contributed by atoms with van der Waals surface area (Å²) in [5, 5.41) is 0.253. The Hall–Kier alpha value is -3.56. The lowest BCUT2D eigenvalue weighted by atomic mass is 10.1. The highest BCUT2D eigenvalue weighted by Gasteiger charge is 2.23. The maximum Gasteiger partial charge on any atom is 0.264 e. The molecule has 3 aromatic carbocycles. The van der Waals surface area contributed by atoms with Crippen LogP contribution >= 0.6 is 11.6 Å². The molecule has 0 radical (unpaired) electrons. The van der Waals surface area contributed by atoms with Crippen molar-refractivity contribution >= 4 is 44.3 Å². The summed E-state index contributed by atoms with van der Waals surface area (Å²) in [5.41, 5.74) is 1.48. The molecular weight excluding hydrogens is 467 g/mol. The van der Waals surface area contributed by atoms with Crippen LogP contribution in [0, 0.1) is 5.82 Å². The largest absolute Gasteiger partial charge is 0.337 e. The first-order chi connectivity index (χ1) is 15.7. The molecule has 1 amide bonds. The molecule has 1 aromatic heterocycles. The van der Waals surface area contributed by atoms with Gasteiger partial charge in [-0.2, -0.15) is 0 Å². The van der Waals surface area contributed by atoms with Crippen LogP contribution in [-0.4, -0.2) is 36.2 Å².